The van der Waals surface area contributed by atoms with Crippen molar-refractivity contribution >= 4 is 17.4 Å². The minimum absolute atomic E-state index is 0.214. The van der Waals surface area contributed by atoms with Crippen molar-refractivity contribution in [2.45, 2.75) is 6.04 Å². The van der Waals surface area contributed by atoms with E-state index >= 15 is 0 Å². The fourth-order valence-corrected chi connectivity index (χ4v) is 2.50. The molecule has 1 unspecified atom stereocenters. The molecule has 114 valence electrons. The van der Waals surface area contributed by atoms with Crippen molar-refractivity contribution < 1.29 is 4.79 Å². The highest BCUT2D eigenvalue weighted by atomic mass is 35.5. The van der Waals surface area contributed by atoms with Crippen LogP contribution in [-0.2, 0) is 0 Å². The van der Waals surface area contributed by atoms with Gasteiger partial charge in [0, 0.05) is 22.8 Å². The minimum atomic E-state index is -0.814. The number of aromatic nitrogens is 2. The number of nitrogens with zero attached hydrogens (tertiary/aromatic N) is 2. The van der Waals surface area contributed by atoms with Gasteiger partial charge in [-0.25, -0.2) is 4.68 Å². The summed E-state index contributed by atoms with van der Waals surface area (Å²) in [5, 5.41) is 4.63. The van der Waals surface area contributed by atoms with E-state index in [-0.39, 0.29) is 11.3 Å². The first-order valence-corrected chi connectivity index (χ1v) is 7.43. The third-order valence-corrected chi connectivity index (χ3v) is 3.73. The maximum absolute atomic E-state index is 13.0. The molecule has 0 amide bonds. The lowest BCUT2D eigenvalue weighted by molar-refractivity contribution is 0.0937. The van der Waals surface area contributed by atoms with E-state index in [1.807, 2.05) is 18.2 Å². The number of carbonyl (C=O) groups excluding carboxylic acids is 1. The fourth-order valence-electron chi connectivity index (χ4n) is 2.37. The number of rotatable bonds is 4. The van der Waals surface area contributed by atoms with Gasteiger partial charge in [-0.05, 0) is 35.9 Å². The zero-order valence-electron chi connectivity index (χ0n) is 12.1. The van der Waals surface area contributed by atoms with Gasteiger partial charge in [0.25, 0.3) is 5.56 Å². The van der Waals surface area contributed by atoms with Crippen molar-refractivity contribution in [3.63, 3.8) is 0 Å². The zero-order chi connectivity index (χ0) is 16.2. The van der Waals surface area contributed by atoms with Crippen LogP contribution in [0.3, 0.4) is 0 Å². The average Bonchev–Trinajstić information content (AvgIpc) is 2.58. The van der Waals surface area contributed by atoms with Gasteiger partial charge in [-0.15, -0.1) is 0 Å². The summed E-state index contributed by atoms with van der Waals surface area (Å²) < 4.78 is 1.20. The van der Waals surface area contributed by atoms with Crippen molar-refractivity contribution in [3.8, 4) is 0 Å². The summed E-state index contributed by atoms with van der Waals surface area (Å²) in [7, 11) is 0. The van der Waals surface area contributed by atoms with Gasteiger partial charge in [-0.1, -0.05) is 41.9 Å². The molecule has 0 aliphatic carbocycles. The van der Waals surface area contributed by atoms with Crippen LogP contribution in [0.25, 0.3) is 0 Å². The Morgan fingerprint density at radius 2 is 1.65 bits per heavy atom. The van der Waals surface area contributed by atoms with Crippen LogP contribution in [0.1, 0.15) is 22.0 Å². The molecule has 4 nitrogen and oxygen atoms in total. The van der Waals surface area contributed by atoms with E-state index < -0.39 is 6.04 Å². The molecular weight excluding hydrogens is 312 g/mol. The van der Waals surface area contributed by atoms with Crippen molar-refractivity contribution in [2.24, 2.45) is 0 Å². The Morgan fingerprint density at radius 1 is 0.957 bits per heavy atom. The van der Waals surface area contributed by atoms with E-state index in [4.69, 9.17) is 11.6 Å². The van der Waals surface area contributed by atoms with E-state index in [9.17, 15) is 9.59 Å². The van der Waals surface area contributed by atoms with Gasteiger partial charge in [-0.2, -0.15) is 5.10 Å². The summed E-state index contributed by atoms with van der Waals surface area (Å²) in [6.07, 6.45) is 1.49. The van der Waals surface area contributed by atoms with Crippen LogP contribution in [0.2, 0.25) is 5.02 Å². The second-order valence-electron chi connectivity index (χ2n) is 4.99. The molecule has 5 heteroatoms. The Morgan fingerprint density at radius 3 is 2.30 bits per heavy atom. The Hall–Kier alpha value is -2.72. The molecule has 0 spiro atoms. The first-order valence-electron chi connectivity index (χ1n) is 7.05. The van der Waals surface area contributed by atoms with Crippen LogP contribution in [0, 0.1) is 0 Å². The van der Waals surface area contributed by atoms with Gasteiger partial charge < -0.3 is 0 Å². The second kappa shape index (κ2) is 6.58. The van der Waals surface area contributed by atoms with Crippen LogP contribution >= 0.6 is 11.6 Å². The topological polar surface area (TPSA) is 52.0 Å². The standard InChI is InChI=1S/C18H13ClN2O2/c19-15-10-8-14(9-11-15)18(23)17(13-5-2-1-3-6-13)21-16(22)7-4-12-20-21/h1-12,17H. The zero-order valence-corrected chi connectivity index (χ0v) is 12.9. The van der Waals surface area contributed by atoms with E-state index in [1.165, 1.54) is 16.9 Å². The summed E-state index contributed by atoms with van der Waals surface area (Å²) in [5.41, 5.74) is 0.845. The highest BCUT2D eigenvalue weighted by Gasteiger charge is 2.25. The molecule has 0 bridgehead atoms. The van der Waals surface area contributed by atoms with E-state index in [0.29, 0.717) is 16.1 Å². The Labute approximate surface area is 138 Å². The molecule has 3 aromatic rings. The van der Waals surface area contributed by atoms with Crippen LogP contribution in [0.4, 0.5) is 0 Å². The molecule has 1 aromatic heterocycles. The van der Waals surface area contributed by atoms with Gasteiger partial charge in [0.2, 0.25) is 0 Å². The lowest BCUT2D eigenvalue weighted by atomic mass is 9.97. The van der Waals surface area contributed by atoms with Gasteiger partial charge in [-0.3, -0.25) is 9.59 Å². The average molecular weight is 325 g/mol. The number of hydrogen-bond acceptors (Lipinski definition) is 3. The molecular formula is C18H13ClN2O2. The molecule has 1 heterocycles. The molecule has 23 heavy (non-hydrogen) atoms. The molecule has 0 N–H and O–H groups in total. The van der Waals surface area contributed by atoms with E-state index in [2.05, 4.69) is 5.10 Å². The largest absolute Gasteiger partial charge is 0.291 e. The summed E-state index contributed by atoms with van der Waals surface area (Å²) in [4.78, 5) is 25.1. The number of Topliss-reactive ketones (excluding diaryl/α,β-unsaturated/α-hetero) is 1. The van der Waals surface area contributed by atoms with Crippen LogP contribution in [0.5, 0.6) is 0 Å². The minimum Gasteiger partial charge on any atom is -0.291 e. The number of ketones is 1. The van der Waals surface area contributed by atoms with E-state index in [1.54, 1.807) is 42.5 Å². The molecule has 0 fully saturated rings. The van der Waals surface area contributed by atoms with Gasteiger partial charge in [0.1, 0.15) is 6.04 Å². The predicted molar refractivity (Wildman–Crippen MR) is 88.9 cm³/mol. The molecule has 0 radical (unpaired) electrons. The van der Waals surface area contributed by atoms with E-state index in [0.717, 1.165) is 0 Å². The van der Waals surface area contributed by atoms with Crippen molar-refractivity contribution in [1.82, 2.24) is 9.78 Å². The lowest BCUT2D eigenvalue weighted by Gasteiger charge is -2.17. The normalized spacial score (nSPS) is 11.9. The van der Waals surface area contributed by atoms with Crippen molar-refractivity contribution in [3.05, 3.63) is 99.4 Å². The van der Waals surface area contributed by atoms with Gasteiger partial charge in [0.15, 0.2) is 5.78 Å². The maximum Gasteiger partial charge on any atom is 0.267 e. The van der Waals surface area contributed by atoms with Crippen molar-refractivity contribution in [2.75, 3.05) is 0 Å². The molecule has 1 atom stereocenters. The highest BCUT2D eigenvalue weighted by Crippen LogP contribution is 2.22. The van der Waals surface area contributed by atoms with Gasteiger partial charge >= 0.3 is 0 Å². The summed E-state index contributed by atoms with van der Waals surface area (Å²) in [6.45, 7) is 0. The lowest BCUT2D eigenvalue weighted by Crippen LogP contribution is -2.32. The molecule has 3 rings (SSSR count). The van der Waals surface area contributed by atoms with Crippen LogP contribution in [-0.4, -0.2) is 15.6 Å². The highest BCUT2D eigenvalue weighted by molar-refractivity contribution is 6.30. The number of benzene rings is 2. The first-order chi connectivity index (χ1) is 11.2. The van der Waals surface area contributed by atoms with Crippen LogP contribution < -0.4 is 5.56 Å². The monoisotopic (exact) mass is 324 g/mol. The quantitative estimate of drug-likeness (QED) is 0.691. The number of carbonyl (C=O) groups is 1. The molecule has 0 saturated carbocycles. The maximum atomic E-state index is 13.0. The summed E-state index contributed by atoms with van der Waals surface area (Å²) in [6, 6.07) is 17.8. The Bertz CT molecular complexity index is 873. The smallest absolute Gasteiger partial charge is 0.267 e. The molecule has 0 saturated heterocycles. The first kappa shape index (κ1) is 15.2. The summed E-state index contributed by atoms with van der Waals surface area (Å²) in [5.74, 6) is -0.214. The van der Waals surface area contributed by atoms with Crippen molar-refractivity contribution in [1.29, 1.82) is 0 Å². The molecule has 0 aliphatic heterocycles. The van der Waals surface area contributed by atoms with Gasteiger partial charge in [0.05, 0.1) is 0 Å². The third kappa shape index (κ3) is 3.22. The second-order valence-corrected chi connectivity index (χ2v) is 5.43. The summed E-state index contributed by atoms with van der Waals surface area (Å²) >= 11 is 5.88. The predicted octanol–water partition coefficient (Wildman–Crippen LogP) is 3.37. The number of halogens is 1. The number of hydrogen-bond donors (Lipinski definition) is 0. The molecule has 2 aromatic carbocycles. The fraction of sp³-hybridized carbons (Fsp3) is 0.0556. The van der Waals surface area contributed by atoms with Crippen LogP contribution in [0.15, 0.2) is 77.7 Å². The SMILES string of the molecule is O=C(c1ccc(Cl)cc1)C(c1ccccc1)n1ncccc1=O. The third-order valence-electron chi connectivity index (χ3n) is 3.48. The molecule has 0 aliphatic rings. The Balaban J connectivity index is 2.13. The Kier molecular flexibility index (Phi) is 4.35.